The molecule has 0 aliphatic carbocycles. The average Bonchev–Trinajstić information content (AvgIpc) is 2.09. The number of rotatable bonds is 4. The number of hydrogen-bond donors (Lipinski definition) is 0. The molecule has 74 valence electrons. The van der Waals surface area contributed by atoms with Gasteiger partial charge in [0.15, 0.2) is 0 Å². The van der Waals surface area contributed by atoms with Gasteiger partial charge in [0.05, 0.1) is 6.61 Å². The van der Waals surface area contributed by atoms with Crippen LogP contribution in [0.3, 0.4) is 0 Å². The molecule has 0 aliphatic heterocycles. The van der Waals surface area contributed by atoms with E-state index in [4.69, 9.17) is 16.3 Å². The van der Waals surface area contributed by atoms with Crippen LogP contribution in [0.15, 0.2) is 18.2 Å². The molecule has 14 heavy (non-hydrogen) atoms. The average molecular weight is 288 g/mol. The van der Waals surface area contributed by atoms with Crippen LogP contribution in [0.1, 0.15) is 19.8 Å². The van der Waals surface area contributed by atoms with Crippen molar-refractivity contribution >= 4 is 34.7 Å². The minimum atomic E-state index is 0. The predicted octanol–water partition coefficient (Wildman–Crippen LogP) is -0.0577. The van der Waals surface area contributed by atoms with E-state index in [9.17, 15) is 0 Å². The predicted molar refractivity (Wildman–Crippen MR) is 56.4 cm³/mol. The van der Waals surface area contributed by atoms with Crippen molar-refractivity contribution in [1.82, 2.24) is 0 Å². The summed E-state index contributed by atoms with van der Waals surface area (Å²) in [4.78, 5) is 0. The Morgan fingerprint density at radius 2 is 2.21 bits per heavy atom. The van der Waals surface area contributed by atoms with E-state index in [0.29, 0.717) is 5.02 Å². The molecule has 1 nitrogen and oxygen atoms in total. The molecule has 0 saturated carbocycles. The van der Waals surface area contributed by atoms with Gasteiger partial charge in [-0.3, -0.25) is 0 Å². The van der Waals surface area contributed by atoms with Crippen molar-refractivity contribution in [3.05, 3.63) is 29.3 Å². The molecule has 1 aromatic carbocycles. The first-order valence-corrected chi connectivity index (χ1v) is 4.50. The van der Waals surface area contributed by atoms with Crippen molar-refractivity contribution in [2.75, 3.05) is 6.61 Å². The van der Waals surface area contributed by atoms with Gasteiger partial charge in [-0.15, -0.1) is 6.07 Å². The van der Waals surface area contributed by atoms with Gasteiger partial charge in [-0.1, -0.05) is 13.3 Å². The fraction of sp³-hybridized carbons (Fsp3) is 0.400. The quantitative estimate of drug-likeness (QED) is 0.428. The van der Waals surface area contributed by atoms with Gasteiger partial charge in [0, 0.05) is 5.75 Å². The van der Waals surface area contributed by atoms with Gasteiger partial charge in [0.1, 0.15) is 0 Å². The normalized spacial score (nSPS) is 8.43. The van der Waals surface area contributed by atoms with Crippen molar-refractivity contribution < 1.29 is 21.7 Å². The molecule has 0 atom stereocenters. The second kappa shape index (κ2) is 10.1. The summed E-state index contributed by atoms with van der Waals surface area (Å²) in [6, 6.07) is 8.22. The zero-order chi connectivity index (χ0) is 8.81. The van der Waals surface area contributed by atoms with Crippen molar-refractivity contribution in [2.24, 2.45) is 0 Å². The van der Waals surface area contributed by atoms with Gasteiger partial charge in [-0.2, -0.15) is 29.8 Å². The molecule has 0 amide bonds. The van der Waals surface area contributed by atoms with Crippen LogP contribution in [-0.4, -0.2) is 29.7 Å². The van der Waals surface area contributed by atoms with E-state index in [0.717, 1.165) is 25.2 Å². The molecule has 0 heterocycles. The Hall–Kier alpha value is 0.556. The summed E-state index contributed by atoms with van der Waals surface area (Å²) in [5, 5.41) is 0.633. The first-order valence-electron chi connectivity index (χ1n) is 4.13. The molecule has 1 rings (SSSR count). The van der Waals surface area contributed by atoms with Crippen LogP contribution < -0.4 is 21.7 Å². The largest absolute Gasteiger partial charge is 2.00 e. The van der Waals surface area contributed by atoms with Gasteiger partial charge in [-0.05, 0) is 11.4 Å². The zero-order valence-corrected chi connectivity index (χ0v) is 12.0. The maximum Gasteiger partial charge on any atom is 2.00 e. The summed E-state index contributed by atoms with van der Waals surface area (Å²) < 4.78 is 5.43. The molecule has 1 aromatic rings. The van der Waals surface area contributed by atoms with E-state index < -0.39 is 0 Å². The summed E-state index contributed by atoms with van der Waals surface area (Å²) in [6.45, 7) is 2.87. The molecule has 0 N–H and O–H groups in total. The molecule has 0 unspecified atom stereocenters. The van der Waals surface area contributed by atoms with Gasteiger partial charge >= 0.3 is 23.1 Å². The van der Waals surface area contributed by atoms with E-state index in [1.54, 1.807) is 12.1 Å². The van der Waals surface area contributed by atoms with Crippen LogP contribution in [0.4, 0.5) is 0 Å². The Kier molecular flexibility index (Phi) is 12.2. The molecule has 0 saturated heterocycles. The summed E-state index contributed by atoms with van der Waals surface area (Å²) in [6.07, 6.45) is 2.20. The second-order valence-corrected chi connectivity index (χ2v) is 2.97. The number of hydrogen-bond acceptors (Lipinski definition) is 1. The zero-order valence-electron chi connectivity index (χ0n) is 8.22. The van der Waals surface area contributed by atoms with Crippen molar-refractivity contribution in [3.63, 3.8) is 0 Å². The summed E-state index contributed by atoms with van der Waals surface area (Å²) in [7, 11) is 0. The van der Waals surface area contributed by atoms with Crippen LogP contribution in [-0.2, 0) is 0 Å². The third-order valence-electron chi connectivity index (χ3n) is 1.53. The van der Waals surface area contributed by atoms with Gasteiger partial charge in [-0.25, -0.2) is 0 Å². The van der Waals surface area contributed by atoms with Crippen LogP contribution in [0.2, 0.25) is 5.02 Å². The van der Waals surface area contributed by atoms with E-state index in [1.807, 2.05) is 6.07 Å². The van der Waals surface area contributed by atoms with Crippen LogP contribution in [0.5, 0.6) is 5.75 Å². The molecule has 0 aromatic heterocycles. The fourth-order valence-corrected chi connectivity index (χ4v) is 1.02. The third-order valence-corrected chi connectivity index (χ3v) is 1.83. The van der Waals surface area contributed by atoms with E-state index in [-0.39, 0.29) is 40.0 Å². The second-order valence-electron chi connectivity index (χ2n) is 2.56. The number of unbranched alkanes of at least 4 members (excludes halogenated alkanes) is 1. The molecule has 0 fully saturated rings. The standard InChI is InChI=1S/C10H12ClO.BrH.Mg/c1-2-3-8-12-10-7-5-4-6-9(10)11;;/h5-7H,2-3,8H2,1H3;1H;/q-1;;+2/p-1. The minimum absolute atomic E-state index is 0. The molecule has 0 bridgehead atoms. The summed E-state index contributed by atoms with van der Waals surface area (Å²) in [5.41, 5.74) is 0. The van der Waals surface area contributed by atoms with Crippen molar-refractivity contribution in [1.29, 1.82) is 0 Å². The van der Waals surface area contributed by atoms with Crippen LogP contribution in [0, 0.1) is 6.07 Å². The first kappa shape index (κ1) is 17.0. The number of benzene rings is 1. The topological polar surface area (TPSA) is 9.23 Å². The van der Waals surface area contributed by atoms with Gasteiger partial charge in [0.25, 0.3) is 0 Å². The minimum Gasteiger partial charge on any atom is -1.00 e. The Labute approximate surface area is 117 Å². The Bertz CT molecular complexity index is 245. The molecule has 0 aliphatic rings. The smallest absolute Gasteiger partial charge is 1.00 e. The Balaban J connectivity index is 0. The molecular formula is C10H12BrClMgO. The van der Waals surface area contributed by atoms with Gasteiger partial charge in [0.2, 0.25) is 0 Å². The van der Waals surface area contributed by atoms with Crippen LogP contribution >= 0.6 is 11.6 Å². The van der Waals surface area contributed by atoms with E-state index >= 15 is 0 Å². The van der Waals surface area contributed by atoms with Gasteiger partial charge < -0.3 is 21.7 Å². The molecule has 0 radical (unpaired) electrons. The molecular weight excluding hydrogens is 276 g/mol. The Morgan fingerprint density at radius 3 is 2.79 bits per heavy atom. The first-order chi connectivity index (χ1) is 5.84. The maximum absolute atomic E-state index is 5.85. The molecule has 4 heteroatoms. The Morgan fingerprint density at radius 1 is 1.50 bits per heavy atom. The summed E-state index contributed by atoms with van der Waals surface area (Å²) >= 11 is 5.85. The van der Waals surface area contributed by atoms with Crippen molar-refractivity contribution in [2.45, 2.75) is 19.8 Å². The van der Waals surface area contributed by atoms with E-state index in [2.05, 4.69) is 13.0 Å². The van der Waals surface area contributed by atoms with Crippen molar-refractivity contribution in [3.8, 4) is 5.75 Å². The fourth-order valence-electron chi connectivity index (χ4n) is 0.839. The third kappa shape index (κ3) is 6.12. The SMILES string of the molecule is CCCCOc1cc[c-]cc1Cl.[Br-].[Mg+2]. The number of halogens is 2. The maximum atomic E-state index is 5.85. The van der Waals surface area contributed by atoms with Crippen LogP contribution in [0.25, 0.3) is 0 Å². The van der Waals surface area contributed by atoms with E-state index in [1.165, 1.54) is 0 Å². The number of ether oxygens (including phenoxy) is 1. The molecule has 0 spiro atoms. The summed E-state index contributed by atoms with van der Waals surface area (Å²) in [5.74, 6) is 0.754. The monoisotopic (exact) mass is 286 g/mol.